The molecule has 0 heterocycles. The van der Waals surface area contributed by atoms with Crippen molar-refractivity contribution in [1.82, 2.24) is 0 Å². The number of nitrogens with two attached hydrogens (primary N) is 2. The lowest BCUT2D eigenvalue weighted by molar-refractivity contribution is 0.0984. The number of amides is 1. The lowest BCUT2D eigenvalue weighted by atomic mass is 9.80. The van der Waals surface area contributed by atoms with E-state index < -0.39 is 5.91 Å². The summed E-state index contributed by atoms with van der Waals surface area (Å²) in [6.07, 6.45) is 3.41. The highest BCUT2D eigenvalue weighted by molar-refractivity contribution is 5.99. The molecule has 4 heteroatoms. The second kappa shape index (κ2) is 5.51. The molecule has 0 bridgehead atoms. The van der Waals surface area contributed by atoms with E-state index in [0.717, 1.165) is 18.8 Å². The van der Waals surface area contributed by atoms with Crippen LogP contribution in [0, 0.1) is 11.8 Å². The topological polar surface area (TPSA) is 78.3 Å². The zero-order valence-corrected chi connectivity index (χ0v) is 11.6. The summed E-state index contributed by atoms with van der Waals surface area (Å²) in [5.41, 5.74) is 11.9. The molecule has 2 rings (SSSR count). The molecule has 0 saturated heterocycles. The molecule has 1 amide bonds. The largest absolute Gasteiger partial charge is 0.488 e. The van der Waals surface area contributed by atoms with E-state index in [2.05, 4.69) is 13.8 Å². The molecule has 1 aromatic carbocycles. The minimum absolute atomic E-state index is 0.177. The molecule has 0 aliphatic heterocycles. The van der Waals surface area contributed by atoms with Crippen molar-refractivity contribution in [1.29, 1.82) is 0 Å². The Kier molecular flexibility index (Phi) is 3.98. The van der Waals surface area contributed by atoms with Crippen molar-refractivity contribution in [3.05, 3.63) is 23.8 Å². The average molecular weight is 262 g/mol. The molecule has 1 aliphatic carbocycles. The number of rotatable bonds is 3. The van der Waals surface area contributed by atoms with E-state index in [1.807, 2.05) is 0 Å². The second-order valence-electron chi connectivity index (χ2n) is 5.59. The molecule has 3 unspecified atom stereocenters. The molecule has 1 fully saturated rings. The van der Waals surface area contributed by atoms with Crippen LogP contribution in [0.25, 0.3) is 0 Å². The summed E-state index contributed by atoms with van der Waals surface area (Å²) >= 11 is 0. The van der Waals surface area contributed by atoms with Gasteiger partial charge in [0.25, 0.3) is 5.91 Å². The fourth-order valence-corrected chi connectivity index (χ4v) is 2.65. The molecule has 4 nitrogen and oxygen atoms in total. The Labute approximate surface area is 114 Å². The standard InChI is InChI=1S/C15H22N2O2/c1-9-6-7-11(8-10(9)2)19-13-5-3-4-12(14(13)16)15(17)18/h3-5,9-11H,6-8,16H2,1-2H3,(H2,17,18). The van der Waals surface area contributed by atoms with Gasteiger partial charge in [-0.05, 0) is 43.2 Å². The lowest BCUT2D eigenvalue weighted by Gasteiger charge is -2.32. The summed E-state index contributed by atoms with van der Waals surface area (Å²) in [5, 5.41) is 0. The molecule has 0 aromatic heterocycles. The van der Waals surface area contributed by atoms with Crippen molar-refractivity contribution in [3.8, 4) is 5.75 Å². The fraction of sp³-hybridized carbons (Fsp3) is 0.533. The van der Waals surface area contributed by atoms with Gasteiger partial charge in [-0.2, -0.15) is 0 Å². The van der Waals surface area contributed by atoms with Gasteiger partial charge in [-0.25, -0.2) is 0 Å². The predicted molar refractivity (Wildman–Crippen MR) is 76.0 cm³/mol. The minimum Gasteiger partial charge on any atom is -0.488 e. The van der Waals surface area contributed by atoms with Crippen molar-refractivity contribution in [3.63, 3.8) is 0 Å². The highest BCUT2D eigenvalue weighted by Crippen LogP contribution is 2.34. The highest BCUT2D eigenvalue weighted by Gasteiger charge is 2.26. The van der Waals surface area contributed by atoms with Crippen LogP contribution in [-0.4, -0.2) is 12.0 Å². The SMILES string of the molecule is CC1CCC(Oc2cccc(C(N)=O)c2N)CC1C. The Bertz CT molecular complexity index is 473. The van der Waals surface area contributed by atoms with Crippen molar-refractivity contribution in [2.45, 2.75) is 39.2 Å². The molecule has 0 spiro atoms. The predicted octanol–water partition coefficient (Wildman–Crippen LogP) is 2.57. The number of hydrogen-bond donors (Lipinski definition) is 2. The van der Waals surface area contributed by atoms with Crippen LogP contribution in [0.3, 0.4) is 0 Å². The van der Waals surface area contributed by atoms with Gasteiger partial charge in [0.2, 0.25) is 0 Å². The fourth-order valence-electron chi connectivity index (χ4n) is 2.65. The summed E-state index contributed by atoms with van der Waals surface area (Å²) in [6.45, 7) is 4.53. The van der Waals surface area contributed by atoms with E-state index in [-0.39, 0.29) is 6.10 Å². The number of carbonyl (C=O) groups is 1. The number of benzene rings is 1. The third-order valence-corrected chi connectivity index (χ3v) is 4.18. The lowest BCUT2D eigenvalue weighted by Crippen LogP contribution is -2.29. The van der Waals surface area contributed by atoms with Gasteiger partial charge in [0.05, 0.1) is 17.4 Å². The Hall–Kier alpha value is -1.71. The second-order valence-corrected chi connectivity index (χ2v) is 5.59. The zero-order valence-electron chi connectivity index (χ0n) is 11.6. The van der Waals surface area contributed by atoms with Crippen LogP contribution in [0.4, 0.5) is 5.69 Å². The van der Waals surface area contributed by atoms with Crippen molar-refractivity contribution in [2.75, 3.05) is 5.73 Å². The number of hydrogen-bond acceptors (Lipinski definition) is 3. The number of para-hydroxylation sites is 1. The number of ether oxygens (including phenoxy) is 1. The van der Waals surface area contributed by atoms with Gasteiger partial charge in [-0.1, -0.05) is 19.9 Å². The van der Waals surface area contributed by atoms with Gasteiger partial charge in [0, 0.05) is 0 Å². The maximum absolute atomic E-state index is 11.2. The number of nitrogen functional groups attached to an aromatic ring is 1. The van der Waals surface area contributed by atoms with Crippen molar-refractivity contribution < 1.29 is 9.53 Å². The van der Waals surface area contributed by atoms with E-state index in [4.69, 9.17) is 16.2 Å². The third-order valence-electron chi connectivity index (χ3n) is 4.18. The maximum atomic E-state index is 11.2. The molecule has 104 valence electrons. The number of anilines is 1. The molecule has 1 aliphatic rings. The molecule has 19 heavy (non-hydrogen) atoms. The maximum Gasteiger partial charge on any atom is 0.250 e. The van der Waals surface area contributed by atoms with Crippen LogP contribution in [0.5, 0.6) is 5.75 Å². The van der Waals surface area contributed by atoms with Crippen LogP contribution in [0.2, 0.25) is 0 Å². The molecule has 1 aromatic rings. The number of primary amides is 1. The van der Waals surface area contributed by atoms with Gasteiger partial charge < -0.3 is 16.2 Å². The highest BCUT2D eigenvalue weighted by atomic mass is 16.5. The van der Waals surface area contributed by atoms with Gasteiger partial charge in [-0.3, -0.25) is 4.79 Å². The third kappa shape index (κ3) is 3.00. The quantitative estimate of drug-likeness (QED) is 0.822. The molecule has 3 atom stereocenters. The zero-order chi connectivity index (χ0) is 14.0. The normalized spacial score (nSPS) is 26.9. The minimum atomic E-state index is -0.520. The van der Waals surface area contributed by atoms with Gasteiger partial charge in [0.1, 0.15) is 5.75 Å². The first-order valence-corrected chi connectivity index (χ1v) is 6.84. The molecular formula is C15H22N2O2. The summed E-state index contributed by atoms with van der Waals surface area (Å²) < 4.78 is 5.96. The van der Waals surface area contributed by atoms with Gasteiger partial charge in [-0.15, -0.1) is 0 Å². The summed E-state index contributed by atoms with van der Waals surface area (Å²) in [5.74, 6) is 1.45. The van der Waals surface area contributed by atoms with Crippen LogP contribution < -0.4 is 16.2 Å². The Morgan fingerprint density at radius 2 is 2.00 bits per heavy atom. The monoisotopic (exact) mass is 262 g/mol. The number of carbonyl (C=O) groups excluding carboxylic acids is 1. The average Bonchev–Trinajstić information content (AvgIpc) is 2.36. The van der Waals surface area contributed by atoms with E-state index in [0.29, 0.717) is 22.9 Å². The van der Waals surface area contributed by atoms with E-state index in [1.165, 1.54) is 6.42 Å². The van der Waals surface area contributed by atoms with Crippen LogP contribution in [0.15, 0.2) is 18.2 Å². The first-order chi connectivity index (χ1) is 8.99. The summed E-state index contributed by atoms with van der Waals surface area (Å²) in [6, 6.07) is 5.17. The van der Waals surface area contributed by atoms with Gasteiger partial charge in [0.15, 0.2) is 0 Å². The Morgan fingerprint density at radius 3 is 2.63 bits per heavy atom. The Morgan fingerprint density at radius 1 is 1.26 bits per heavy atom. The first kappa shape index (κ1) is 13.7. The molecular weight excluding hydrogens is 240 g/mol. The molecule has 0 radical (unpaired) electrons. The molecule has 4 N–H and O–H groups in total. The Balaban J connectivity index is 2.11. The van der Waals surface area contributed by atoms with Crippen LogP contribution >= 0.6 is 0 Å². The molecule has 1 saturated carbocycles. The smallest absolute Gasteiger partial charge is 0.250 e. The van der Waals surface area contributed by atoms with E-state index in [1.54, 1.807) is 18.2 Å². The van der Waals surface area contributed by atoms with E-state index in [9.17, 15) is 4.79 Å². The summed E-state index contributed by atoms with van der Waals surface area (Å²) in [4.78, 5) is 11.2. The van der Waals surface area contributed by atoms with Gasteiger partial charge >= 0.3 is 0 Å². The van der Waals surface area contributed by atoms with Crippen molar-refractivity contribution in [2.24, 2.45) is 17.6 Å². The van der Waals surface area contributed by atoms with Crippen LogP contribution in [0.1, 0.15) is 43.5 Å². The first-order valence-electron chi connectivity index (χ1n) is 6.84. The van der Waals surface area contributed by atoms with Crippen LogP contribution in [-0.2, 0) is 0 Å². The van der Waals surface area contributed by atoms with E-state index >= 15 is 0 Å². The van der Waals surface area contributed by atoms with Crippen molar-refractivity contribution >= 4 is 11.6 Å². The summed E-state index contributed by atoms with van der Waals surface area (Å²) in [7, 11) is 0.